The topological polar surface area (TPSA) is 75.6 Å². The fourth-order valence-corrected chi connectivity index (χ4v) is 2.75. The molecule has 0 bridgehead atoms. The van der Waals surface area contributed by atoms with E-state index in [2.05, 4.69) is 30.6 Å². The molecule has 0 radical (unpaired) electrons. The first-order valence-electron chi connectivity index (χ1n) is 9.07. The van der Waals surface area contributed by atoms with Gasteiger partial charge in [-0.25, -0.2) is 4.98 Å². The van der Waals surface area contributed by atoms with Crippen LogP contribution in [0.2, 0.25) is 0 Å². The van der Waals surface area contributed by atoms with E-state index in [1.807, 2.05) is 66.9 Å². The van der Waals surface area contributed by atoms with Crippen molar-refractivity contribution in [3.8, 4) is 11.3 Å². The molecular formula is C22H20N6. The number of benzene rings is 1. The molecule has 0 unspecified atom stereocenters. The van der Waals surface area contributed by atoms with E-state index < -0.39 is 0 Å². The largest absolute Gasteiger partial charge is 0.366 e. The van der Waals surface area contributed by atoms with Crippen LogP contribution in [-0.4, -0.2) is 19.9 Å². The molecule has 0 aliphatic carbocycles. The second-order valence-electron chi connectivity index (χ2n) is 6.25. The molecule has 28 heavy (non-hydrogen) atoms. The quantitative estimate of drug-likeness (QED) is 0.510. The van der Waals surface area contributed by atoms with Crippen LogP contribution >= 0.6 is 0 Å². The summed E-state index contributed by atoms with van der Waals surface area (Å²) in [6.07, 6.45) is 7.16. The Morgan fingerprint density at radius 1 is 0.679 bits per heavy atom. The molecule has 0 spiro atoms. The minimum Gasteiger partial charge on any atom is -0.366 e. The Labute approximate surface area is 163 Å². The molecule has 0 aliphatic rings. The number of nitrogens with one attached hydrogen (secondary N) is 2. The van der Waals surface area contributed by atoms with E-state index in [0.717, 1.165) is 28.2 Å². The van der Waals surface area contributed by atoms with Crippen LogP contribution < -0.4 is 10.6 Å². The van der Waals surface area contributed by atoms with E-state index in [1.54, 1.807) is 18.6 Å². The second kappa shape index (κ2) is 8.73. The molecule has 0 atom stereocenters. The molecule has 0 saturated heterocycles. The summed E-state index contributed by atoms with van der Waals surface area (Å²) in [7, 11) is 0. The number of pyridine rings is 2. The van der Waals surface area contributed by atoms with Gasteiger partial charge in [0.05, 0.1) is 5.69 Å². The number of rotatable bonds is 7. The summed E-state index contributed by atoms with van der Waals surface area (Å²) in [6, 6.07) is 19.9. The van der Waals surface area contributed by atoms with Crippen molar-refractivity contribution in [3.05, 3.63) is 96.6 Å². The second-order valence-corrected chi connectivity index (χ2v) is 6.25. The van der Waals surface area contributed by atoms with Gasteiger partial charge in [0, 0.05) is 49.5 Å². The molecule has 2 N–H and O–H groups in total. The van der Waals surface area contributed by atoms with E-state index in [-0.39, 0.29) is 0 Å². The molecule has 1 aromatic carbocycles. The van der Waals surface area contributed by atoms with E-state index in [9.17, 15) is 0 Å². The number of hydrogen-bond acceptors (Lipinski definition) is 6. The third-order valence-electron chi connectivity index (χ3n) is 4.19. The van der Waals surface area contributed by atoms with E-state index in [4.69, 9.17) is 0 Å². The number of hydrogen-bond donors (Lipinski definition) is 2. The molecule has 0 amide bonds. The number of nitrogens with zero attached hydrogens (tertiary/aromatic N) is 4. The summed E-state index contributed by atoms with van der Waals surface area (Å²) < 4.78 is 0. The van der Waals surface area contributed by atoms with E-state index >= 15 is 0 Å². The highest BCUT2D eigenvalue weighted by molar-refractivity contribution is 5.64. The summed E-state index contributed by atoms with van der Waals surface area (Å²) in [5.41, 5.74) is 4.12. The summed E-state index contributed by atoms with van der Waals surface area (Å²) >= 11 is 0. The van der Waals surface area contributed by atoms with Gasteiger partial charge in [-0.15, -0.1) is 0 Å². The number of aromatic nitrogens is 4. The Balaban J connectivity index is 1.57. The zero-order chi connectivity index (χ0) is 19.0. The maximum Gasteiger partial charge on any atom is 0.225 e. The predicted molar refractivity (Wildman–Crippen MR) is 111 cm³/mol. The fraction of sp³-hybridized carbons (Fsp3) is 0.0909. The lowest BCUT2D eigenvalue weighted by molar-refractivity contribution is 1.03. The van der Waals surface area contributed by atoms with Crippen LogP contribution in [0, 0.1) is 0 Å². The molecular weight excluding hydrogens is 348 g/mol. The Morgan fingerprint density at radius 3 is 2.29 bits per heavy atom. The van der Waals surface area contributed by atoms with Gasteiger partial charge in [0.15, 0.2) is 0 Å². The Kier molecular flexibility index (Phi) is 5.49. The van der Waals surface area contributed by atoms with Crippen LogP contribution in [-0.2, 0) is 13.1 Å². The van der Waals surface area contributed by atoms with Crippen molar-refractivity contribution in [2.24, 2.45) is 0 Å². The van der Waals surface area contributed by atoms with Gasteiger partial charge in [-0.05, 0) is 29.3 Å². The predicted octanol–water partition coefficient (Wildman–Crippen LogP) is 4.16. The minimum atomic E-state index is 0.572. The van der Waals surface area contributed by atoms with Crippen LogP contribution in [0.4, 0.5) is 11.8 Å². The van der Waals surface area contributed by atoms with Crippen molar-refractivity contribution in [2.45, 2.75) is 13.1 Å². The average Bonchev–Trinajstić information content (AvgIpc) is 2.78. The molecule has 3 heterocycles. The van der Waals surface area contributed by atoms with Crippen LogP contribution in [0.1, 0.15) is 11.1 Å². The van der Waals surface area contributed by atoms with Crippen LogP contribution in [0.15, 0.2) is 85.5 Å². The molecule has 3 aromatic heterocycles. The lowest BCUT2D eigenvalue weighted by Gasteiger charge is -2.11. The third-order valence-corrected chi connectivity index (χ3v) is 4.19. The normalized spacial score (nSPS) is 10.4. The van der Waals surface area contributed by atoms with Gasteiger partial charge in [0.2, 0.25) is 5.95 Å². The molecule has 4 aromatic rings. The molecule has 0 fully saturated rings. The molecule has 4 rings (SSSR count). The molecule has 0 aliphatic heterocycles. The van der Waals surface area contributed by atoms with Gasteiger partial charge >= 0.3 is 0 Å². The van der Waals surface area contributed by atoms with E-state index in [1.165, 1.54) is 0 Å². The van der Waals surface area contributed by atoms with Gasteiger partial charge in [0.1, 0.15) is 5.82 Å². The Morgan fingerprint density at radius 2 is 1.50 bits per heavy atom. The average molecular weight is 368 g/mol. The van der Waals surface area contributed by atoms with Gasteiger partial charge < -0.3 is 10.6 Å². The van der Waals surface area contributed by atoms with Gasteiger partial charge in [-0.2, -0.15) is 4.98 Å². The highest BCUT2D eigenvalue weighted by Crippen LogP contribution is 2.22. The minimum absolute atomic E-state index is 0.572. The molecule has 138 valence electrons. The highest BCUT2D eigenvalue weighted by Gasteiger charge is 2.07. The van der Waals surface area contributed by atoms with Crippen molar-refractivity contribution in [2.75, 3.05) is 10.6 Å². The first kappa shape index (κ1) is 17.6. The van der Waals surface area contributed by atoms with E-state index in [0.29, 0.717) is 19.0 Å². The SMILES string of the molecule is c1ccc(-c2cc(NCc3ccncc3)nc(NCc3cccnc3)n2)cc1. The van der Waals surface area contributed by atoms with Gasteiger partial charge in [-0.1, -0.05) is 36.4 Å². The molecule has 0 saturated carbocycles. The van der Waals surface area contributed by atoms with Crippen molar-refractivity contribution < 1.29 is 0 Å². The zero-order valence-electron chi connectivity index (χ0n) is 15.3. The van der Waals surface area contributed by atoms with Crippen LogP contribution in [0.3, 0.4) is 0 Å². The monoisotopic (exact) mass is 368 g/mol. The summed E-state index contributed by atoms with van der Waals surface area (Å²) in [5.74, 6) is 1.33. The standard InChI is InChI=1S/C22H20N6/c1-2-6-19(7-3-1)20-13-21(25-15-17-8-11-23-12-9-17)28-22(27-20)26-16-18-5-4-10-24-14-18/h1-14H,15-16H2,(H2,25,26,27,28). The Hall–Kier alpha value is -3.80. The zero-order valence-corrected chi connectivity index (χ0v) is 15.3. The summed E-state index contributed by atoms with van der Waals surface area (Å²) in [6.45, 7) is 1.27. The maximum absolute atomic E-state index is 4.68. The first-order valence-corrected chi connectivity index (χ1v) is 9.07. The maximum atomic E-state index is 4.68. The smallest absolute Gasteiger partial charge is 0.225 e. The first-order chi connectivity index (χ1) is 13.9. The van der Waals surface area contributed by atoms with Crippen molar-refractivity contribution in [1.82, 2.24) is 19.9 Å². The lowest BCUT2D eigenvalue weighted by Crippen LogP contribution is -2.08. The lowest BCUT2D eigenvalue weighted by atomic mass is 10.1. The number of anilines is 2. The third kappa shape index (κ3) is 4.67. The van der Waals surface area contributed by atoms with Crippen LogP contribution in [0.5, 0.6) is 0 Å². The van der Waals surface area contributed by atoms with Crippen molar-refractivity contribution >= 4 is 11.8 Å². The van der Waals surface area contributed by atoms with Crippen LogP contribution in [0.25, 0.3) is 11.3 Å². The van der Waals surface area contributed by atoms with Crippen molar-refractivity contribution in [1.29, 1.82) is 0 Å². The molecule has 6 nitrogen and oxygen atoms in total. The highest BCUT2D eigenvalue weighted by atomic mass is 15.1. The van der Waals surface area contributed by atoms with Gasteiger partial charge in [-0.3, -0.25) is 9.97 Å². The summed E-state index contributed by atoms with van der Waals surface area (Å²) in [5, 5.41) is 6.68. The van der Waals surface area contributed by atoms with Gasteiger partial charge in [0.25, 0.3) is 0 Å². The molecule has 6 heteroatoms. The fourth-order valence-electron chi connectivity index (χ4n) is 2.75. The summed E-state index contributed by atoms with van der Waals surface area (Å²) in [4.78, 5) is 17.5. The van der Waals surface area contributed by atoms with Crippen molar-refractivity contribution in [3.63, 3.8) is 0 Å². The Bertz CT molecular complexity index is 945.